The maximum atomic E-state index is 12.5. The SMILES string of the molecule is COc1ccc(NC(=O)c2cncc(Nc3cc(C)on3)c2)c(OC)c1. The van der Waals surface area contributed by atoms with Gasteiger partial charge in [0.25, 0.3) is 5.91 Å². The Balaban J connectivity index is 1.77. The fraction of sp³-hybridized carbons (Fsp3) is 0.167. The predicted molar refractivity (Wildman–Crippen MR) is 96.3 cm³/mol. The van der Waals surface area contributed by atoms with E-state index >= 15 is 0 Å². The summed E-state index contributed by atoms with van der Waals surface area (Å²) in [6.07, 6.45) is 3.07. The molecule has 2 N–H and O–H groups in total. The van der Waals surface area contributed by atoms with E-state index in [-0.39, 0.29) is 5.91 Å². The van der Waals surface area contributed by atoms with Gasteiger partial charge >= 0.3 is 0 Å². The van der Waals surface area contributed by atoms with Gasteiger partial charge in [-0.05, 0) is 25.1 Å². The van der Waals surface area contributed by atoms with Crippen LogP contribution in [0, 0.1) is 6.92 Å². The zero-order valence-electron chi connectivity index (χ0n) is 14.6. The number of hydrogen-bond donors (Lipinski definition) is 2. The summed E-state index contributed by atoms with van der Waals surface area (Å²) in [6.45, 7) is 1.79. The van der Waals surface area contributed by atoms with Gasteiger partial charge in [0.1, 0.15) is 17.3 Å². The molecule has 0 fully saturated rings. The van der Waals surface area contributed by atoms with Crippen LogP contribution in [-0.2, 0) is 0 Å². The molecule has 0 atom stereocenters. The first kappa shape index (κ1) is 17.3. The number of aromatic nitrogens is 2. The number of benzene rings is 1. The largest absolute Gasteiger partial charge is 0.497 e. The number of nitrogens with zero attached hydrogens (tertiary/aromatic N) is 2. The first-order valence-corrected chi connectivity index (χ1v) is 7.78. The lowest BCUT2D eigenvalue weighted by Gasteiger charge is -2.12. The third kappa shape index (κ3) is 3.92. The molecule has 134 valence electrons. The van der Waals surface area contributed by atoms with Crippen LogP contribution in [0.25, 0.3) is 0 Å². The summed E-state index contributed by atoms with van der Waals surface area (Å²) < 4.78 is 15.4. The highest BCUT2D eigenvalue weighted by Gasteiger charge is 2.12. The van der Waals surface area contributed by atoms with Crippen molar-refractivity contribution in [1.82, 2.24) is 10.1 Å². The number of aryl methyl sites for hydroxylation is 1. The third-order valence-electron chi connectivity index (χ3n) is 3.56. The lowest BCUT2D eigenvalue weighted by molar-refractivity contribution is 0.102. The molecular formula is C18H18N4O4. The highest BCUT2D eigenvalue weighted by atomic mass is 16.5. The van der Waals surface area contributed by atoms with Crippen LogP contribution in [0.2, 0.25) is 0 Å². The van der Waals surface area contributed by atoms with Crippen LogP contribution in [0.1, 0.15) is 16.1 Å². The molecule has 0 saturated carbocycles. The molecule has 1 amide bonds. The molecule has 8 nitrogen and oxygen atoms in total. The van der Waals surface area contributed by atoms with Crippen molar-refractivity contribution in [3.05, 3.63) is 54.0 Å². The van der Waals surface area contributed by atoms with Gasteiger partial charge in [-0.25, -0.2) is 0 Å². The second-order valence-electron chi connectivity index (χ2n) is 5.43. The summed E-state index contributed by atoms with van der Waals surface area (Å²) in [5.74, 6) is 2.04. The number of hydrogen-bond acceptors (Lipinski definition) is 7. The Kier molecular flexibility index (Phi) is 5.02. The Hall–Kier alpha value is -3.55. The maximum absolute atomic E-state index is 12.5. The molecule has 0 aliphatic heterocycles. The van der Waals surface area contributed by atoms with E-state index in [0.29, 0.717) is 40.0 Å². The molecule has 26 heavy (non-hydrogen) atoms. The first-order valence-electron chi connectivity index (χ1n) is 7.78. The number of methoxy groups -OCH3 is 2. The summed E-state index contributed by atoms with van der Waals surface area (Å²) in [5, 5.41) is 9.69. The Morgan fingerprint density at radius 1 is 1.12 bits per heavy atom. The quantitative estimate of drug-likeness (QED) is 0.700. The molecule has 8 heteroatoms. The van der Waals surface area contributed by atoms with Crippen molar-refractivity contribution in [3.8, 4) is 11.5 Å². The Morgan fingerprint density at radius 3 is 2.65 bits per heavy atom. The zero-order chi connectivity index (χ0) is 18.5. The molecule has 3 rings (SSSR count). The minimum atomic E-state index is -0.319. The van der Waals surface area contributed by atoms with E-state index in [1.807, 2.05) is 0 Å². The van der Waals surface area contributed by atoms with E-state index in [0.717, 1.165) is 0 Å². The van der Waals surface area contributed by atoms with Gasteiger partial charge in [-0.1, -0.05) is 5.16 Å². The predicted octanol–water partition coefficient (Wildman–Crippen LogP) is 3.39. The molecule has 0 aliphatic carbocycles. The van der Waals surface area contributed by atoms with E-state index in [2.05, 4.69) is 20.8 Å². The minimum Gasteiger partial charge on any atom is -0.497 e. The molecule has 0 spiro atoms. The van der Waals surface area contributed by atoms with Gasteiger partial charge in [-0.3, -0.25) is 9.78 Å². The van der Waals surface area contributed by atoms with Crippen LogP contribution >= 0.6 is 0 Å². The van der Waals surface area contributed by atoms with Crippen molar-refractivity contribution in [2.24, 2.45) is 0 Å². The maximum Gasteiger partial charge on any atom is 0.257 e. The number of carbonyl (C=O) groups is 1. The van der Waals surface area contributed by atoms with E-state index in [1.54, 1.807) is 50.6 Å². The Morgan fingerprint density at radius 2 is 1.96 bits per heavy atom. The van der Waals surface area contributed by atoms with Gasteiger partial charge in [0, 0.05) is 18.3 Å². The summed E-state index contributed by atoms with van der Waals surface area (Å²) in [7, 11) is 3.09. The number of amides is 1. The van der Waals surface area contributed by atoms with Gasteiger partial charge < -0.3 is 24.6 Å². The number of carbonyl (C=O) groups excluding carboxylic acids is 1. The Bertz CT molecular complexity index is 923. The lowest BCUT2D eigenvalue weighted by atomic mass is 10.2. The van der Waals surface area contributed by atoms with Gasteiger partial charge in [-0.15, -0.1) is 0 Å². The van der Waals surface area contributed by atoms with Gasteiger partial charge in [0.2, 0.25) is 0 Å². The summed E-state index contributed by atoms with van der Waals surface area (Å²) in [6, 6.07) is 8.56. The van der Waals surface area contributed by atoms with Gasteiger partial charge in [-0.2, -0.15) is 0 Å². The van der Waals surface area contributed by atoms with Gasteiger partial charge in [0.05, 0.1) is 37.4 Å². The van der Waals surface area contributed by atoms with Crippen molar-refractivity contribution in [3.63, 3.8) is 0 Å². The van der Waals surface area contributed by atoms with Crippen molar-refractivity contribution >= 4 is 23.1 Å². The van der Waals surface area contributed by atoms with E-state index in [1.165, 1.54) is 13.3 Å². The fourth-order valence-electron chi connectivity index (χ4n) is 2.30. The zero-order valence-corrected chi connectivity index (χ0v) is 14.6. The molecule has 1 aromatic carbocycles. The van der Waals surface area contributed by atoms with Crippen LogP contribution in [0.3, 0.4) is 0 Å². The van der Waals surface area contributed by atoms with Crippen LogP contribution in [0.5, 0.6) is 11.5 Å². The second kappa shape index (κ2) is 7.56. The smallest absolute Gasteiger partial charge is 0.257 e. The monoisotopic (exact) mass is 354 g/mol. The molecular weight excluding hydrogens is 336 g/mol. The lowest BCUT2D eigenvalue weighted by Crippen LogP contribution is -2.13. The number of pyridine rings is 1. The molecule has 0 aliphatic rings. The minimum absolute atomic E-state index is 0.319. The third-order valence-corrected chi connectivity index (χ3v) is 3.56. The van der Waals surface area contributed by atoms with Crippen molar-refractivity contribution in [2.45, 2.75) is 6.92 Å². The highest BCUT2D eigenvalue weighted by molar-refractivity contribution is 6.05. The van der Waals surface area contributed by atoms with E-state index in [4.69, 9.17) is 14.0 Å². The molecule has 0 radical (unpaired) electrons. The fourth-order valence-corrected chi connectivity index (χ4v) is 2.30. The van der Waals surface area contributed by atoms with Crippen molar-refractivity contribution in [2.75, 3.05) is 24.9 Å². The Labute approximate surface area is 150 Å². The first-order chi connectivity index (χ1) is 12.6. The van der Waals surface area contributed by atoms with Gasteiger partial charge in [0.15, 0.2) is 5.82 Å². The van der Waals surface area contributed by atoms with E-state index in [9.17, 15) is 4.79 Å². The summed E-state index contributed by atoms with van der Waals surface area (Å²) in [4.78, 5) is 16.6. The number of rotatable bonds is 6. The second-order valence-corrected chi connectivity index (χ2v) is 5.43. The summed E-state index contributed by atoms with van der Waals surface area (Å²) in [5.41, 5.74) is 1.53. The number of anilines is 3. The average molecular weight is 354 g/mol. The molecule has 0 bridgehead atoms. The number of ether oxygens (including phenoxy) is 2. The van der Waals surface area contributed by atoms with Crippen LogP contribution in [0.15, 0.2) is 47.2 Å². The highest BCUT2D eigenvalue weighted by Crippen LogP contribution is 2.29. The molecule has 3 aromatic rings. The molecule has 2 aromatic heterocycles. The topological polar surface area (TPSA) is 98.5 Å². The standard InChI is InChI=1S/C18H18N4O4/c1-11-6-17(22-26-11)20-13-7-12(9-19-10-13)18(23)21-15-5-4-14(24-2)8-16(15)25-3/h4-10H,1-3H3,(H,20,22)(H,21,23). The van der Waals surface area contributed by atoms with E-state index < -0.39 is 0 Å². The average Bonchev–Trinajstić information content (AvgIpc) is 3.06. The summed E-state index contributed by atoms with van der Waals surface area (Å²) >= 11 is 0. The van der Waals surface area contributed by atoms with Crippen molar-refractivity contribution < 1.29 is 18.8 Å². The molecule has 2 heterocycles. The van der Waals surface area contributed by atoms with Crippen molar-refractivity contribution in [1.29, 1.82) is 0 Å². The molecule has 0 unspecified atom stereocenters. The number of nitrogens with one attached hydrogen (secondary N) is 2. The van der Waals surface area contributed by atoms with Crippen LogP contribution < -0.4 is 20.1 Å². The molecule has 0 saturated heterocycles. The van der Waals surface area contributed by atoms with Crippen LogP contribution in [0.4, 0.5) is 17.2 Å². The van der Waals surface area contributed by atoms with Crippen LogP contribution in [-0.4, -0.2) is 30.3 Å². The normalized spacial score (nSPS) is 10.3.